The molecule has 3 rings (SSSR count). The summed E-state index contributed by atoms with van der Waals surface area (Å²) >= 11 is 0. The van der Waals surface area contributed by atoms with Crippen molar-refractivity contribution in [2.75, 3.05) is 0 Å². The van der Waals surface area contributed by atoms with Gasteiger partial charge in [0, 0.05) is 11.1 Å². The van der Waals surface area contributed by atoms with Gasteiger partial charge >= 0.3 is 0 Å². The molecule has 1 aromatic carbocycles. The van der Waals surface area contributed by atoms with Gasteiger partial charge in [0.15, 0.2) is 0 Å². The van der Waals surface area contributed by atoms with Crippen molar-refractivity contribution in [2.45, 2.75) is 39.2 Å². The van der Waals surface area contributed by atoms with Crippen LogP contribution in [0, 0.1) is 6.92 Å². The maximum Gasteiger partial charge on any atom is 0.0709 e. The summed E-state index contributed by atoms with van der Waals surface area (Å²) in [5.41, 5.74) is 5.87. The number of aromatic nitrogens is 1. The summed E-state index contributed by atoms with van der Waals surface area (Å²) in [7, 11) is 0. The molecule has 0 aliphatic heterocycles. The van der Waals surface area contributed by atoms with E-state index in [9.17, 15) is 5.11 Å². The second kappa shape index (κ2) is 4.11. The molecular formula is C15H17NO. The van der Waals surface area contributed by atoms with E-state index in [1.165, 1.54) is 29.7 Å². The Morgan fingerprint density at radius 2 is 2.06 bits per heavy atom. The molecule has 0 spiro atoms. The van der Waals surface area contributed by atoms with Crippen LogP contribution in [0.1, 0.15) is 35.2 Å². The minimum Gasteiger partial charge on any atom is -0.392 e. The molecule has 0 unspecified atom stereocenters. The number of hydrogen-bond donors (Lipinski definition) is 1. The van der Waals surface area contributed by atoms with Gasteiger partial charge in [-0.05, 0) is 55.9 Å². The van der Waals surface area contributed by atoms with Gasteiger partial charge in [-0.2, -0.15) is 0 Å². The molecule has 17 heavy (non-hydrogen) atoms. The van der Waals surface area contributed by atoms with E-state index in [0.717, 1.165) is 29.3 Å². The monoisotopic (exact) mass is 227 g/mol. The first kappa shape index (κ1) is 10.7. The quantitative estimate of drug-likeness (QED) is 0.812. The number of hydrogen-bond acceptors (Lipinski definition) is 2. The molecule has 0 atom stereocenters. The van der Waals surface area contributed by atoms with Crippen molar-refractivity contribution < 1.29 is 5.11 Å². The number of pyridine rings is 1. The zero-order valence-electron chi connectivity index (χ0n) is 10.2. The predicted octanol–water partition coefficient (Wildman–Crippen LogP) is 2.91. The standard InChI is InChI=1S/C15H17NO/c1-10-6-7-15-12(8-10)13(9-17)11-4-2-3-5-14(11)16-15/h6-8,17H,2-5,9H2,1H3. The van der Waals surface area contributed by atoms with Crippen LogP contribution in [0.3, 0.4) is 0 Å². The number of aryl methyl sites for hydroxylation is 2. The molecular weight excluding hydrogens is 210 g/mol. The molecule has 88 valence electrons. The minimum atomic E-state index is 0.130. The van der Waals surface area contributed by atoms with Gasteiger partial charge in [0.2, 0.25) is 0 Å². The van der Waals surface area contributed by atoms with E-state index in [0.29, 0.717) is 0 Å². The molecule has 2 aromatic rings. The molecule has 1 aromatic heterocycles. The molecule has 0 saturated heterocycles. The largest absolute Gasteiger partial charge is 0.392 e. The van der Waals surface area contributed by atoms with Crippen LogP contribution in [0.15, 0.2) is 18.2 Å². The Morgan fingerprint density at radius 3 is 2.88 bits per heavy atom. The maximum atomic E-state index is 9.65. The van der Waals surface area contributed by atoms with Crippen molar-refractivity contribution >= 4 is 10.9 Å². The van der Waals surface area contributed by atoms with Crippen molar-refractivity contribution in [3.05, 3.63) is 40.6 Å². The minimum absolute atomic E-state index is 0.130. The molecule has 0 radical (unpaired) electrons. The average Bonchev–Trinajstić information content (AvgIpc) is 2.36. The summed E-state index contributed by atoms with van der Waals surface area (Å²) in [4.78, 5) is 4.75. The van der Waals surface area contributed by atoms with Crippen LogP contribution in [0.2, 0.25) is 0 Å². The molecule has 2 heteroatoms. The van der Waals surface area contributed by atoms with Crippen molar-refractivity contribution in [3.8, 4) is 0 Å². The Kier molecular flexibility index (Phi) is 2.60. The first-order valence-electron chi connectivity index (χ1n) is 6.31. The number of aliphatic hydroxyl groups excluding tert-OH is 1. The lowest BCUT2D eigenvalue weighted by atomic mass is 9.90. The predicted molar refractivity (Wildman–Crippen MR) is 69.0 cm³/mol. The number of benzene rings is 1. The fourth-order valence-electron chi connectivity index (χ4n) is 2.82. The average molecular weight is 227 g/mol. The van der Waals surface area contributed by atoms with Crippen LogP contribution in [-0.4, -0.2) is 10.1 Å². The first-order valence-corrected chi connectivity index (χ1v) is 6.31. The van der Waals surface area contributed by atoms with Gasteiger partial charge in [0.1, 0.15) is 0 Å². The second-order valence-corrected chi connectivity index (χ2v) is 4.90. The SMILES string of the molecule is Cc1ccc2nc3c(c(CO)c2c1)CCCC3. The summed E-state index contributed by atoms with van der Waals surface area (Å²) < 4.78 is 0. The van der Waals surface area contributed by atoms with E-state index < -0.39 is 0 Å². The summed E-state index contributed by atoms with van der Waals surface area (Å²) in [6.07, 6.45) is 4.58. The van der Waals surface area contributed by atoms with Crippen LogP contribution in [0.5, 0.6) is 0 Å². The third kappa shape index (κ3) is 1.73. The summed E-state index contributed by atoms with van der Waals surface area (Å²) in [5, 5.41) is 10.8. The van der Waals surface area contributed by atoms with Crippen LogP contribution in [-0.2, 0) is 19.4 Å². The zero-order valence-corrected chi connectivity index (χ0v) is 10.2. The van der Waals surface area contributed by atoms with E-state index >= 15 is 0 Å². The zero-order chi connectivity index (χ0) is 11.8. The Balaban J connectivity index is 2.35. The van der Waals surface area contributed by atoms with Crippen LogP contribution < -0.4 is 0 Å². The van der Waals surface area contributed by atoms with Crippen LogP contribution in [0.4, 0.5) is 0 Å². The van der Waals surface area contributed by atoms with Gasteiger partial charge in [0.25, 0.3) is 0 Å². The van der Waals surface area contributed by atoms with Gasteiger partial charge in [-0.25, -0.2) is 0 Å². The van der Waals surface area contributed by atoms with Gasteiger partial charge in [-0.1, -0.05) is 11.6 Å². The number of fused-ring (bicyclic) bond motifs is 2. The molecule has 1 heterocycles. The lowest BCUT2D eigenvalue weighted by molar-refractivity contribution is 0.281. The van der Waals surface area contributed by atoms with Gasteiger partial charge in [-0.15, -0.1) is 0 Å². The van der Waals surface area contributed by atoms with Crippen LogP contribution in [0.25, 0.3) is 10.9 Å². The van der Waals surface area contributed by atoms with Crippen molar-refractivity contribution in [3.63, 3.8) is 0 Å². The highest BCUT2D eigenvalue weighted by atomic mass is 16.3. The third-order valence-corrected chi connectivity index (χ3v) is 3.69. The van der Waals surface area contributed by atoms with Crippen molar-refractivity contribution in [1.29, 1.82) is 0 Å². The van der Waals surface area contributed by atoms with E-state index in [4.69, 9.17) is 4.98 Å². The van der Waals surface area contributed by atoms with Crippen molar-refractivity contribution in [1.82, 2.24) is 4.98 Å². The van der Waals surface area contributed by atoms with E-state index in [1.54, 1.807) is 0 Å². The molecule has 0 saturated carbocycles. The Morgan fingerprint density at radius 1 is 1.24 bits per heavy atom. The summed E-state index contributed by atoms with van der Waals surface area (Å²) in [6.45, 7) is 2.21. The highest BCUT2D eigenvalue weighted by Gasteiger charge is 2.17. The topological polar surface area (TPSA) is 33.1 Å². The molecule has 0 fully saturated rings. The fourth-order valence-corrected chi connectivity index (χ4v) is 2.82. The number of rotatable bonds is 1. The Bertz CT molecular complexity index is 575. The molecule has 0 amide bonds. The lowest BCUT2D eigenvalue weighted by Gasteiger charge is -2.19. The summed E-state index contributed by atoms with van der Waals surface area (Å²) in [5.74, 6) is 0. The Labute approximate surface area is 101 Å². The van der Waals surface area contributed by atoms with Gasteiger partial charge in [0.05, 0.1) is 12.1 Å². The van der Waals surface area contributed by atoms with E-state index in [2.05, 4.69) is 25.1 Å². The summed E-state index contributed by atoms with van der Waals surface area (Å²) in [6, 6.07) is 6.30. The smallest absolute Gasteiger partial charge is 0.0709 e. The second-order valence-electron chi connectivity index (χ2n) is 4.90. The molecule has 1 aliphatic carbocycles. The molecule has 1 N–H and O–H groups in total. The molecule has 2 nitrogen and oxygen atoms in total. The van der Waals surface area contributed by atoms with E-state index in [-0.39, 0.29) is 6.61 Å². The highest BCUT2D eigenvalue weighted by molar-refractivity contribution is 5.84. The van der Waals surface area contributed by atoms with Gasteiger partial charge < -0.3 is 5.11 Å². The van der Waals surface area contributed by atoms with Crippen molar-refractivity contribution in [2.24, 2.45) is 0 Å². The fraction of sp³-hybridized carbons (Fsp3) is 0.400. The maximum absolute atomic E-state index is 9.65. The molecule has 1 aliphatic rings. The third-order valence-electron chi connectivity index (χ3n) is 3.69. The van der Waals surface area contributed by atoms with E-state index in [1.807, 2.05) is 0 Å². The highest BCUT2D eigenvalue weighted by Crippen LogP contribution is 2.29. The van der Waals surface area contributed by atoms with Gasteiger partial charge in [-0.3, -0.25) is 4.98 Å². The lowest BCUT2D eigenvalue weighted by Crippen LogP contribution is -2.10. The van der Waals surface area contributed by atoms with Crippen LogP contribution >= 0.6 is 0 Å². The Hall–Kier alpha value is -1.41. The number of nitrogens with zero attached hydrogens (tertiary/aromatic N) is 1. The normalized spacial score (nSPS) is 14.9. The number of aliphatic hydroxyl groups is 1. The first-order chi connectivity index (χ1) is 8.29. The molecule has 0 bridgehead atoms.